The first-order valence-corrected chi connectivity index (χ1v) is 5.43. The van der Waals surface area contributed by atoms with Crippen LogP contribution in [0, 0.1) is 6.92 Å². The van der Waals surface area contributed by atoms with Crippen LogP contribution in [0.1, 0.15) is 18.4 Å². The van der Waals surface area contributed by atoms with E-state index in [2.05, 4.69) is 68.0 Å². The molecule has 0 nitrogen and oxygen atoms in total. The summed E-state index contributed by atoms with van der Waals surface area (Å²) in [5.74, 6) is 0.409. The second-order valence-electron chi connectivity index (χ2n) is 3.94. The van der Waals surface area contributed by atoms with Gasteiger partial charge in [-0.05, 0) is 18.4 Å². The van der Waals surface area contributed by atoms with Crippen LogP contribution in [0.5, 0.6) is 0 Å². The second kappa shape index (κ2) is 6.72. The summed E-state index contributed by atoms with van der Waals surface area (Å²) >= 11 is 2.17. The number of hydrogen-bond donors (Lipinski definition) is 0. The first kappa shape index (κ1) is 12.4. The third kappa shape index (κ3) is 5.07. The van der Waals surface area contributed by atoms with Crippen LogP contribution in [0.4, 0.5) is 0 Å². The summed E-state index contributed by atoms with van der Waals surface area (Å²) in [6, 6.07) is 10.3. The quantitative estimate of drug-likeness (QED) is 0.594. The van der Waals surface area contributed by atoms with Gasteiger partial charge in [-0.1, -0.05) is 37.3 Å². The maximum absolute atomic E-state index is 3.91. The van der Waals surface area contributed by atoms with Gasteiger partial charge >= 0.3 is 46.6 Å². The molecule has 1 atom stereocenters. The Bertz CT molecular complexity index is 310. The van der Waals surface area contributed by atoms with Crippen molar-refractivity contribution in [2.75, 3.05) is 0 Å². The fourth-order valence-corrected chi connectivity index (χ4v) is 1.32. The minimum atomic E-state index is 0.409. The van der Waals surface area contributed by atoms with Gasteiger partial charge in [0.05, 0.1) is 0 Å². The molecular formula is C14H16Li. The van der Waals surface area contributed by atoms with Gasteiger partial charge in [-0.25, -0.2) is 0 Å². The van der Waals surface area contributed by atoms with Crippen molar-refractivity contribution in [3.8, 4) is 0 Å². The molecule has 0 saturated carbocycles. The molecule has 1 heteroatoms. The van der Waals surface area contributed by atoms with Gasteiger partial charge < -0.3 is 0 Å². The molecule has 0 fully saturated rings. The molecule has 0 spiro atoms. The van der Waals surface area contributed by atoms with Crippen molar-refractivity contribution in [1.29, 1.82) is 0 Å². The standard InChI is InChI=1S/C9H11.C5H5.Li/c1-8(2)9-6-4-3-5-7-9;1-2-4-5-3-1;/h3-8H,1H2,2H3;1-5H;. The fraction of sp³-hybridized carbons (Fsp3) is 0.214. The molecule has 0 amide bonds. The molecule has 0 saturated heterocycles. The van der Waals surface area contributed by atoms with Crippen LogP contribution in [-0.2, 0) is 0 Å². The van der Waals surface area contributed by atoms with E-state index in [0.29, 0.717) is 10.5 Å². The van der Waals surface area contributed by atoms with Crippen molar-refractivity contribution in [2.45, 2.75) is 17.4 Å². The Balaban J connectivity index is 0.000000162. The normalized spacial score (nSPS) is 14.2. The van der Waals surface area contributed by atoms with Gasteiger partial charge in [0.1, 0.15) is 0 Å². The van der Waals surface area contributed by atoms with E-state index in [1.54, 1.807) is 0 Å². The van der Waals surface area contributed by atoms with Crippen LogP contribution in [0.25, 0.3) is 0 Å². The molecule has 0 heterocycles. The zero-order valence-corrected chi connectivity index (χ0v) is 9.56. The monoisotopic (exact) mass is 191 g/mol. The van der Waals surface area contributed by atoms with E-state index in [0.717, 1.165) is 0 Å². The Morgan fingerprint density at radius 3 is 1.93 bits per heavy atom. The summed E-state index contributed by atoms with van der Waals surface area (Å²) < 4.78 is 0.685. The number of rotatable bonds is 1. The van der Waals surface area contributed by atoms with E-state index in [-0.39, 0.29) is 0 Å². The molecule has 1 radical (unpaired) electrons. The summed E-state index contributed by atoms with van der Waals surface area (Å²) in [4.78, 5) is 0. The fourth-order valence-electron chi connectivity index (χ4n) is 1.32. The molecule has 1 aromatic carbocycles. The summed E-state index contributed by atoms with van der Waals surface area (Å²) in [5.41, 5.74) is 1.30. The Morgan fingerprint density at radius 1 is 1.13 bits per heavy atom. The molecule has 73 valence electrons. The minimum absolute atomic E-state index is 0.409. The summed E-state index contributed by atoms with van der Waals surface area (Å²) in [6.45, 7) is 6.00. The van der Waals surface area contributed by atoms with Crippen LogP contribution in [-0.4, -0.2) is 17.7 Å². The predicted molar refractivity (Wildman–Crippen MR) is 68.0 cm³/mol. The maximum atomic E-state index is 3.91. The second-order valence-corrected chi connectivity index (χ2v) is 3.94. The van der Waals surface area contributed by atoms with E-state index < -0.39 is 0 Å². The van der Waals surface area contributed by atoms with Crippen molar-refractivity contribution >= 4 is 17.7 Å². The zero-order chi connectivity index (χ0) is 11.1. The predicted octanol–water partition coefficient (Wildman–Crippen LogP) is 3.69. The third-order valence-electron chi connectivity index (χ3n) is 2.31. The van der Waals surface area contributed by atoms with Crippen molar-refractivity contribution in [1.82, 2.24) is 0 Å². The van der Waals surface area contributed by atoms with E-state index in [9.17, 15) is 0 Å². The van der Waals surface area contributed by atoms with E-state index in [1.165, 1.54) is 5.56 Å². The zero-order valence-electron chi connectivity index (χ0n) is 9.56. The SMILES string of the molecule is [CH2]C(C)c1ccccc1.[Li][CH]1C=CC=C1. The van der Waals surface area contributed by atoms with Gasteiger partial charge in [0.25, 0.3) is 0 Å². The molecule has 1 aliphatic carbocycles. The molecule has 0 aromatic heterocycles. The van der Waals surface area contributed by atoms with E-state index in [1.807, 2.05) is 18.2 Å². The van der Waals surface area contributed by atoms with Crippen LogP contribution in [0.15, 0.2) is 54.6 Å². The Kier molecular flexibility index (Phi) is 5.54. The molecule has 1 unspecified atom stereocenters. The van der Waals surface area contributed by atoms with Crippen LogP contribution in [0.2, 0.25) is 4.59 Å². The van der Waals surface area contributed by atoms with Crippen molar-refractivity contribution < 1.29 is 0 Å². The molecule has 1 aliphatic rings. The Labute approximate surface area is 102 Å². The first-order chi connectivity index (χ1) is 7.20. The van der Waals surface area contributed by atoms with Gasteiger partial charge in [0.15, 0.2) is 0 Å². The molecule has 2 rings (SSSR count). The van der Waals surface area contributed by atoms with Crippen molar-refractivity contribution in [3.05, 3.63) is 67.1 Å². The topological polar surface area (TPSA) is 0 Å². The molecular weight excluding hydrogens is 175 g/mol. The first-order valence-electron chi connectivity index (χ1n) is 5.43. The third-order valence-corrected chi connectivity index (χ3v) is 2.31. The average molecular weight is 191 g/mol. The van der Waals surface area contributed by atoms with Crippen LogP contribution >= 0.6 is 0 Å². The van der Waals surface area contributed by atoms with Gasteiger partial charge in [-0.15, -0.1) is 0 Å². The van der Waals surface area contributed by atoms with Gasteiger partial charge in [-0.2, -0.15) is 0 Å². The van der Waals surface area contributed by atoms with Gasteiger partial charge in [0, 0.05) is 0 Å². The van der Waals surface area contributed by atoms with E-state index >= 15 is 0 Å². The number of allylic oxidation sites excluding steroid dienone is 4. The molecule has 1 aromatic rings. The van der Waals surface area contributed by atoms with Crippen molar-refractivity contribution in [2.24, 2.45) is 0 Å². The van der Waals surface area contributed by atoms with Crippen LogP contribution in [0.3, 0.4) is 0 Å². The summed E-state index contributed by atoms with van der Waals surface area (Å²) in [5, 5.41) is 0. The summed E-state index contributed by atoms with van der Waals surface area (Å²) in [6.07, 6.45) is 8.48. The molecule has 15 heavy (non-hydrogen) atoms. The van der Waals surface area contributed by atoms with E-state index in [4.69, 9.17) is 0 Å². The summed E-state index contributed by atoms with van der Waals surface area (Å²) in [7, 11) is 0. The van der Waals surface area contributed by atoms with Gasteiger partial charge in [-0.3, -0.25) is 0 Å². The molecule has 0 bridgehead atoms. The van der Waals surface area contributed by atoms with Gasteiger partial charge in [0.2, 0.25) is 0 Å². The molecule has 0 aliphatic heterocycles. The average Bonchev–Trinajstić information content (AvgIpc) is 2.71. The van der Waals surface area contributed by atoms with Crippen LogP contribution < -0.4 is 0 Å². The molecule has 0 N–H and O–H groups in total. The Morgan fingerprint density at radius 2 is 1.67 bits per heavy atom. The Hall–Kier alpha value is -0.703. The van der Waals surface area contributed by atoms with Crippen molar-refractivity contribution in [3.63, 3.8) is 0 Å². The number of hydrogen-bond acceptors (Lipinski definition) is 0. The number of benzene rings is 1.